The van der Waals surface area contributed by atoms with Crippen LogP contribution in [0.4, 0.5) is 0 Å². The van der Waals surface area contributed by atoms with Crippen molar-refractivity contribution >= 4 is 5.91 Å². The van der Waals surface area contributed by atoms with Gasteiger partial charge in [0.2, 0.25) is 5.91 Å². The van der Waals surface area contributed by atoms with Crippen LogP contribution >= 0.6 is 0 Å². The number of hydrogen-bond donors (Lipinski definition) is 0. The molecule has 94 valence electrons. The Kier molecular flexibility index (Phi) is 3.68. The zero-order valence-corrected chi connectivity index (χ0v) is 10.4. The third-order valence-corrected chi connectivity index (χ3v) is 3.96. The second-order valence-corrected chi connectivity index (χ2v) is 5.41. The van der Waals surface area contributed by atoms with Crippen molar-refractivity contribution in [3.05, 3.63) is 0 Å². The predicted octanol–water partition coefficient (Wildman–Crippen LogP) is 1.57. The molecule has 1 unspecified atom stereocenters. The maximum absolute atomic E-state index is 12.2. The van der Waals surface area contributed by atoms with Gasteiger partial charge in [0.15, 0.2) is 0 Å². The van der Waals surface area contributed by atoms with Crippen LogP contribution in [0.1, 0.15) is 32.6 Å². The van der Waals surface area contributed by atoms with Gasteiger partial charge in [-0.2, -0.15) is 5.26 Å². The molecule has 2 aliphatic rings. The zero-order valence-electron chi connectivity index (χ0n) is 10.4. The van der Waals surface area contributed by atoms with Crippen molar-refractivity contribution < 1.29 is 9.53 Å². The fraction of sp³-hybridized carbons (Fsp3) is 0.846. The Morgan fingerprint density at radius 3 is 2.71 bits per heavy atom. The Labute approximate surface area is 103 Å². The van der Waals surface area contributed by atoms with E-state index in [1.54, 1.807) is 0 Å². The molecule has 4 nitrogen and oxygen atoms in total. The summed E-state index contributed by atoms with van der Waals surface area (Å²) in [7, 11) is 0. The fourth-order valence-corrected chi connectivity index (χ4v) is 2.53. The van der Waals surface area contributed by atoms with Crippen LogP contribution in [-0.2, 0) is 9.53 Å². The van der Waals surface area contributed by atoms with Gasteiger partial charge in [-0.15, -0.1) is 0 Å². The SMILES string of the molecule is CC1(C#N)CCN(C(=O)C2CCCOC2)CC1. The molecule has 4 heteroatoms. The third-order valence-electron chi connectivity index (χ3n) is 3.96. The van der Waals surface area contributed by atoms with Gasteiger partial charge in [-0.05, 0) is 32.6 Å². The minimum Gasteiger partial charge on any atom is -0.381 e. The smallest absolute Gasteiger partial charge is 0.228 e. The standard InChI is InChI=1S/C13H20N2O2/c1-13(10-14)4-6-15(7-5-13)12(16)11-3-2-8-17-9-11/h11H,2-9H2,1H3. The summed E-state index contributed by atoms with van der Waals surface area (Å²) in [4.78, 5) is 14.1. The Morgan fingerprint density at radius 1 is 1.47 bits per heavy atom. The van der Waals surface area contributed by atoms with E-state index >= 15 is 0 Å². The number of rotatable bonds is 1. The molecule has 0 saturated carbocycles. The number of carbonyl (C=O) groups excluding carboxylic acids is 1. The van der Waals surface area contributed by atoms with Gasteiger partial charge in [-0.1, -0.05) is 0 Å². The lowest BCUT2D eigenvalue weighted by Gasteiger charge is -2.37. The van der Waals surface area contributed by atoms with Crippen LogP contribution in [0.2, 0.25) is 0 Å². The summed E-state index contributed by atoms with van der Waals surface area (Å²) in [5, 5.41) is 9.05. The third kappa shape index (κ3) is 2.78. The van der Waals surface area contributed by atoms with Gasteiger partial charge in [0.25, 0.3) is 0 Å². The van der Waals surface area contributed by atoms with Crippen molar-refractivity contribution in [3.63, 3.8) is 0 Å². The van der Waals surface area contributed by atoms with Gasteiger partial charge < -0.3 is 9.64 Å². The fourth-order valence-electron chi connectivity index (χ4n) is 2.53. The molecule has 0 aromatic carbocycles. The van der Waals surface area contributed by atoms with Crippen LogP contribution in [-0.4, -0.2) is 37.1 Å². The summed E-state index contributed by atoms with van der Waals surface area (Å²) in [6, 6.07) is 2.36. The van der Waals surface area contributed by atoms with E-state index in [-0.39, 0.29) is 17.2 Å². The monoisotopic (exact) mass is 236 g/mol. The number of amides is 1. The number of hydrogen-bond acceptors (Lipinski definition) is 3. The van der Waals surface area contributed by atoms with Crippen molar-refractivity contribution in [3.8, 4) is 6.07 Å². The maximum Gasteiger partial charge on any atom is 0.228 e. The Balaban J connectivity index is 1.88. The molecule has 0 radical (unpaired) electrons. The largest absolute Gasteiger partial charge is 0.381 e. The van der Waals surface area contributed by atoms with E-state index in [1.165, 1.54) is 0 Å². The molecule has 17 heavy (non-hydrogen) atoms. The van der Waals surface area contributed by atoms with Gasteiger partial charge in [-0.25, -0.2) is 0 Å². The van der Waals surface area contributed by atoms with E-state index in [9.17, 15) is 4.79 Å². The quantitative estimate of drug-likeness (QED) is 0.694. The summed E-state index contributed by atoms with van der Waals surface area (Å²) in [6.07, 6.45) is 3.52. The minimum absolute atomic E-state index is 0.0511. The minimum atomic E-state index is -0.236. The van der Waals surface area contributed by atoms with Crippen LogP contribution in [0.5, 0.6) is 0 Å². The molecule has 0 N–H and O–H groups in total. The van der Waals surface area contributed by atoms with Crippen LogP contribution < -0.4 is 0 Å². The predicted molar refractivity (Wildman–Crippen MR) is 63.1 cm³/mol. The highest BCUT2D eigenvalue weighted by Gasteiger charge is 2.34. The molecular formula is C13H20N2O2. The highest BCUT2D eigenvalue weighted by atomic mass is 16.5. The summed E-state index contributed by atoms with van der Waals surface area (Å²) in [5.41, 5.74) is -0.236. The first-order chi connectivity index (χ1) is 8.14. The molecule has 0 aromatic heterocycles. The number of ether oxygens (including phenoxy) is 1. The van der Waals surface area contributed by atoms with E-state index in [2.05, 4.69) is 6.07 Å². The molecule has 2 saturated heterocycles. The van der Waals surface area contributed by atoms with Crippen LogP contribution in [0.25, 0.3) is 0 Å². The van der Waals surface area contributed by atoms with Crippen molar-refractivity contribution in [1.29, 1.82) is 5.26 Å². The molecule has 2 heterocycles. The van der Waals surface area contributed by atoms with E-state index in [0.29, 0.717) is 6.61 Å². The van der Waals surface area contributed by atoms with Gasteiger partial charge in [0, 0.05) is 19.7 Å². The van der Waals surface area contributed by atoms with Gasteiger partial charge in [-0.3, -0.25) is 4.79 Å². The molecular weight excluding hydrogens is 216 g/mol. The van der Waals surface area contributed by atoms with Crippen molar-refractivity contribution in [2.24, 2.45) is 11.3 Å². The Bertz CT molecular complexity index is 321. The molecule has 1 amide bonds. The molecule has 2 aliphatic heterocycles. The number of carbonyl (C=O) groups is 1. The average Bonchev–Trinajstić information content (AvgIpc) is 2.40. The van der Waals surface area contributed by atoms with Crippen molar-refractivity contribution in [2.45, 2.75) is 32.6 Å². The van der Waals surface area contributed by atoms with E-state index in [0.717, 1.165) is 45.4 Å². The molecule has 1 atom stereocenters. The second-order valence-electron chi connectivity index (χ2n) is 5.41. The van der Waals surface area contributed by atoms with Gasteiger partial charge in [0.1, 0.15) is 0 Å². The van der Waals surface area contributed by atoms with Gasteiger partial charge >= 0.3 is 0 Å². The Hall–Kier alpha value is -1.08. The summed E-state index contributed by atoms with van der Waals surface area (Å²) in [5.74, 6) is 0.278. The van der Waals surface area contributed by atoms with Gasteiger partial charge in [0.05, 0.1) is 24.0 Å². The lowest BCUT2D eigenvalue weighted by atomic mass is 9.81. The number of nitrogens with zero attached hydrogens (tertiary/aromatic N) is 2. The lowest BCUT2D eigenvalue weighted by molar-refractivity contribution is -0.141. The first-order valence-corrected chi connectivity index (χ1v) is 6.42. The maximum atomic E-state index is 12.2. The van der Waals surface area contributed by atoms with E-state index in [1.807, 2.05) is 11.8 Å². The highest BCUT2D eigenvalue weighted by molar-refractivity contribution is 5.79. The average molecular weight is 236 g/mol. The topological polar surface area (TPSA) is 53.3 Å². The molecule has 0 aliphatic carbocycles. The summed E-state index contributed by atoms with van der Waals surface area (Å²) in [6.45, 7) is 4.79. The molecule has 0 bridgehead atoms. The Morgan fingerprint density at radius 2 is 2.18 bits per heavy atom. The van der Waals surface area contributed by atoms with Crippen LogP contribution in [0.15, 0.2) is 0 Å². The molecule has 2 rings (SSSR count). The lowest BCUT2D eigenvalue weighted by Crippen LogP contribution is -2.45. The second kappa shape index (κ2) is 5.05. The first-order valence-electron chi connectivity index (χ1n) is 6.42. The number of nitriles is 1. The highest BCUT2D eigenvalue weighted by Crippen LogP contribution is 2.30. The summed E-state index contributed by atoms with van der Waals surface area (Å²) >= 11 is 0. The number of likely N-dealkylation sites (tertiary alicyclic amines) is 1. The normalized spacial score (nSPS) is 28.5. The van der Waals surface area contributed by atoms with Crippen LogP contribution in [0.3, 0.4) is 0 Å². The van der Waals surface area contributed by atoms with E-state index < -0.39 is 0 Å². The number of piperidine rings is 1. The van der Waals surface area contributed by atoms with E-state index in [4.69, 9.17) is 10.00 Å². The molecule has 0 aromatic rings. The van der Waals surface area contributed by atoms with Crippen molar-refractivity contribution in [1.82, 2.24) is 4.90 Å². The summed E-state index contributed by atoms with van der Waals surface area (Å²) < 4.78 is 5.36. The molecule has 2 fully saturated rings. The molecule has 0 spiro atoms. The van der Waals surface area contributed by atoms with Crippen molar-refractivity contribution in [2.75, 3.05) is 26.3 Å². The zero-order chi connectivity index (χ0) is 12.3. The van der Waals surface area contributed by atoms with Crippen LogP contribution in [0, 0.1) is 22.7 Å². The first kappa shape index (κ1) is 12.4.